The number of aryl methyl sites for hydroxylation is 1. The average Bonchev–Trinajstić information content (AvgIpc) is 3.13. The van der Waals surface area contributed by atoms with Gasteiger partial charge in [0.1, 0.15) is 5.82 Å². The third-order valence-corrected chi connectivity index (χ3v) is 4.27. The van der Waals surface area contributed by atoms with Crippen molar-refractivity contribution in [1.29, 1.82) is 0 Å². The van der Waals surface area contributed by atoms with Crippen LogP contribution in [0.2, 0.25) is 0 Å². The first-order chi connectivity index (χ1) is 13.7. The van der Waals surface area contributed by atoms with Crippen LogP contribution in [0.5, 0.6) is 11.5 Å². The molecule has 0 saturated heterocycles. The van der Waals surface area contributed by atoms with Gasteiger partial charge in [0.05, 0.1) is 24.8 Å². The molecular formula is C21H28IN5O2. The van der Waals surface area contributed by atoms with Crippen molar-refractivity contribution in [3.8, 4) is 11.5 Å². The maximum Gasteiger partial charge on any atom is 0.195 e. The van der Waals surface area contributed by atoms with Gasteiger partial charge in [-0.3, -0.25) is 4.99 Å². The molecule has 3 rings (SSSR count). The number of para-hydroxylation sites is 2. The number of nitrogens with one attached hydrogen (secondary N) is 3. The summed E-state index contributed by atoms with van der Waals surface area (Å²) in [7, 11) is 3.38. The van der Waals surface area contributed by atoms with Crippen molar-refractivity contribution >= 4 is 46.7 Å². The lowest BCUT2D eigenvalue weighted by Crippen LogP contribution is -2.31. The van der Waals surface area contributed by atoms with Gasteiger partial charge >= 0.3 is 0 Å². The van der Waals surface area contributed by atoms with Crippen molar-refractivity contribution < 1.29 is 9.47 Å². The largest absolute Gasteiger partial charge is 0.493 e. The van der Waals surface area contributed by atoms with Crippen LogP contribution in [0.3, 0.4) is 0 Å². The fourth-order valence-electron chi connectivity index (χ4n) is 2.93. The van der Waals surface area contributed by atoms with Gasteiger partial charge in [0, 0.05) is 31.8 Å². The van der Waals surface area contributed by atoms with E-state index in [9.17, 15) is 0 Å². The van der Waals surface area contributed by atoms with E-state index in [1.54, 1.807) is 14.2 Å². The highest BCUT2D eigenvalue weighted by Gasteiger charge is 2.07. The van der Waals surface area contributed by atoms with Crippen LogP contribution in [0.4, 0.5) is 5.69 Å². The third kappa shape index (κ3) is 6.25. The molecule has 2 aromatic carbocycles. The number of aliphatic imine (C=N–C) groups is 1. The van der Waals surface area contributed by atoms with Crippen molar-refractivity contribution in [1.82, 2.24) is 15.3 Å². The second kappa shape index (κ2) is 11.5. The lowest BCUT2D eigenvalue weighted by Gasteiger charge is -2.14. The summed E-state index contributed by atoms with van der Waals surface area (Å²) >= 11 is 0. The topological polar surface area (TPSA) is 83.6 Å². The van der Waals surface area contributed by atoms with E-state index in [0.717, 1.165) is 41.9 Å². The molecule has 29 heavy (non-hydrogen) atoms. The number of halogens is 1. The molecule has 0 fully saturated rings. The van der Waals surface area contributed by atoms with Crippen molar-refractivity contribution in [3.63, 3.8) is 0 Å². The summed E-state index contributed by atoms with van der Waals surface area (Å²) in [6.45, 7) is 3.31. The molecule has 0 spiro atoms. The molecule has 1 heterocycles. The molecule has 1 aromatic heterocycles. The molecule has 0 radical (unpaired) electrons. The number of aromatic amines is 1. The Morgan fingerprint density at radius 2 is 2.00 bits per heavy atom. The molecule has 0 bridgehead atoms. The zero-order valence-electron chi connectivity index (χ0n) is 17.0. The standard InChI is InChI=1S/C21H27N5O2.HI/c1-4-28-19-14-15(11-12-18(19)27-3)24-21(22-2)23-13-7-10-20-25-16-8-5-6-9-17(16)26-20;/h5-6,8-9,11-12,14H,4,7,10,13H2,1-3H3,(H,25,26)(H2,22,23,24);1H. The van der Waals surface area contributed by atoms with Crippen molar-refractivity contribution in [3.05, 3.63) is 48.3 Å². The van der Waals surface area contributed by atoms with Crippen LogP contribution < -0.4 is 20.1 Å². The first-order valence-electron chi connectivity index (χ1n) is 9.45. The molecule has 0 atom stereocenters. The Hall–Kier alpha value is -2.49. The van der Waals surface area contributed by atoms with Crippen LogP contribution in [0.25, 0.3) is 11.0 Å². The molecule has 0 aliphatic carbocycles. The van der Waals surface area contributed by atoms with Gasteiger partial charge in [-0.1, -0.05) is 12.1 Å². The number of rotatable bonds is 8. The fourth-order valence-corrected chi connectivity index (χ4v) is 2.93. The highest BCUT2D eigenvalue weighted by atomic mass is 127. The van der Waals surface area contributed by atoms with E-state index < -0.39 is 0 Å². The third-order valence-electron chi connectivity index (χ3n) is 4.27. The lowest BCUT2D eigenvalue weighted by atomic mass is 10.2. The molecule has 0 amide bonds. The first-order valence-corrected chi connectivity index (χ1v) is 9.45. The zero-order chi connectivity index (χ0) is 19.8. The van der Waals surface area contributed by atoms with Crippen LogP contribution in [-0.4, -0.2) is 43.2 Å². The number of ether oxygens (including phenoxy) is 2. The lowest BCUT2D eigenvalue weighted by molar-refractivity contribution is 0.311. The minimum Gasteiger partial charge on any atom is -0.493 e. The number of hydrogen-bond acceptors (Lipinski definition) is 4. The number of H-pyrrole nitrogens is 1. The number of imidazole rings is 1. The summed E-state index contributed by atoms with van der Waals surface area (Å²) in [5.41, 5.74) is 2.97. The molecule has 7 nitrogen and oxygen atoms in total. The van der Waals surface area contributed by atoms with Crippen molar-refractivity contribution in [2.75, 3.05) is 32.6 Å². The molecular weight excluding hydrogens is 481 g/mol. The Balaban J connectivity index is 0.00000300. The first kappa shape index (κ1) is 22.8. The van der Waals surface area contributed by atoms with Gasteiger partial charge in [-0.05, 0) is 37.6 Å². The predicted octanol–water partition coefficient (Wildman–Crippen LogP) is 4.21. The zero-order valence-corrected chi connectivity index (χ0v) is 19.3. The second-order valence-corrected chi connectivity index (χ2v) is 6.23. The SMILES string of the molecule is CCOc1cc(NC(=NC)NCCCc2nc3ccccc3[nH]2)ccc1OC.I. The highest BCUT2D eigenvalue weighted by Crippen LogP contribution is 2.30. The number of anilines is 1. The number of nitrogens with zero attached hydrogens (tertiary/aromatic N) is 2. The van der Waals surface area contributed by atoms with Gasteiger partial charge in [-0.25, -0.2) is 4.98 Å². The Morgan fingerprint density at radius 1 is 1.17 bits per heavy atom. The summed E-state index contributed by atoms with van der Waals surface area (Å²) in [6, 6.07) is 13.8. The van der Waals surface area contributed by atoms with Crippen molar-refractivity contribution in [2.24, 2.45) is 4.99 Å². The minimum absolute atomic E-state index is 0. The summed E-state index contributed by atoms with van der Waals surface area (Å²) < 4.78 is 10.9. The molecule has 0 aliphatic rings. The molecule has 8 heteroatoms. The van der Waals surface area contributed by atoms with E-state index in [4.69, 9.17) is 9.47 Å². The monoisotopic (exact) mass is 509 g/mol. The maximum absolute atomic E-state index is 5.62. The number of guanidine groups is 1. The van der Waals surface area contributed by atoms with Gasteiger partial charge < -0.3 is 25.1 Å². The van der Waals surface area contributed by atoms with Crippen LogP contribution in [0, 0.1) is 0 Å². The number of methoxy groups -OCH3 is 1. The Morgan fingerprint density at radius 3 is 2.72 bits per heavy atom. The molecule has 0 unspecified atom stereocenters. The van der Waals surface area contributed by atoms with E-state index in [2.05, 4.69) is 25.6 Å². The Bertz CT molecular complexity index is 909. The summed E-state index contributed by atoms with van der Waals surface area (Å²) in [4.78, 5) is 12.2. The van der Waals surface area contributed by atoms with Gasteiger partial charge in [0.25, 0.3) is 0 Å². The van der Waals surface area contributed by atoms with Gasteiger partial charge in [0.2, 0.25) is 0 Å². The number of aromatic nitrogens is 2. The van der Waals surface area contributed by atoms with E-state index in [-0.39, 0.29) is 24.0 Å². The molecule has 3 aromatic rings. The van der Waals surface area contributed by atoms with E-state index in [1.807, 2.05) is 49.4 Å². The summed E-state index contributed by atoms with van der Waals surface area (Å²) in [5.74, 6) is 3.12. The second-order valence-electron chi connectivity index (χ2n) is 6.23. The quantitative estimate of drug-likeness (QED) is 0.184. The fraction of sp³-hybridized carbons (Fsp3) is 0.333. The molecule has 0 saturated carbocycles. The predicted molar refractivity (Wildman–Crippen MR) is 129 cm³/mol. The molecule has 156 valence electrons. The van der Waals surface area contributed by atoms with Crippen LogP contribution in [-0.2, 0) is 6.42 Å². The average molecular weight is 509 g/mol. The van der Waals surface area contributed by atoms with E-state index >= 15 is 0 Å². The Kier molecular flexibility index (Phi) is 9.04. The minimum atomic E-state index is 0. The summed E-state index contributed by atoms with van der Waals surface area (Å²) in [5, 5.41) is 6.61. The van der Waals surface area contributed by atoms with E-state index in [0.29, 0.717) is 24.1 Å². The van der Waals surface area contributed by atoms with Crippen LogP contribution >= 0.6 is 24.0 Å². The normalized spacial score (nSPS) is 11.1. The van der Waals surface area contributed by atoms with Crippen LogP contribution in [0.1, 0.15) is 19.2 Å². The Labute approximate surface area is 188 Å². The van der Waals surface area contributed by atoms with E-state index in [1.165, 1.54) is 0 Å². The molecule has 0 aliphatic heterocycles. The number of fused-ring (bicyclic) bond motifs is 1. The van der Waals surface area contributed by atoms with Crippen molar-refractivity contribution in [2.45, 2.75) is 19.8 Å². The van der Waals surface area contributed by atoms with Crippen LogP contribution in [0.15, 0.2) is 47.5 Å². The highest BCUT2D eigenvalue weighted by molar-refractivity contribution is 14.0. The van der Waals surface area contributed by atoms with Gasteiger partial charge in [0.15, 0.2) is 17.5 Å². The number of benzene rings is 2. The smallest absolute Gasteiger partial charge is 0.195 e. The van der Waals surface area contributed by atoms with Gasteiger partial charge in [-0.2, -0.15) is 0 Å². The summed E-state index contributed by atoms with van der Waals surface area (Å²) in [6.07, 6.45) is 1.81. The number of hydrogen-bond donors (Lipinski definition) is 3. The maximum atomic E-state index is 5.62. The van der Waals surface area contributed by atoms with Gasteiger partial charge in [-0.15, -0.1) is 24.0 Å². The molecule has 3 N–H and O–H groups in total.